The van der Waals surface area contributed by atoms with Crippen LogP contribution in [0.1, 0.15) is 32.3 Å². The van der Waals surface area contributed by atoms with Crippen LogP contribution in [0.15, 0.2) is 38.2 Å². The number of sulfonamides is 1. The highest BCUT2D eigenvalue weighted by Gasteiger charge is 2.40. The molecule has 3 aliphatic rings. The highest BCUT2D eigenvalue weighted by molar-refractivity contribution is 7.89. The predicted octanol–water partition coefficient (Wildman–Crippen LogP) is 1.22. The largest absolute Gasteiger partial charge is 0.493 e. The molecule has 10 nitrogen and oxygen atoms in total. The van der Waals surface area contributed by atoms with Crippen molar-refractivity contribution in [2.45, 2.75) is 37.6 Å². The van der Waals surface area contributed by atoms with Crippen molar-refractivity contribution in [1.82, 2.24) is 14.2 Å². The Morgan fingerprint density at radius 2 is 1.82 bits per heavy atom. The van der Waals surface area contributed by atoms with Gasteiger partial charge < -0.3 is 9.64 Å². The number of carbonyl (C=O) groups excluding carboxylic acids is 1. The maximum Gasteiger partial charge on any atom is 0.278 e. The standard InChI is InChI=1S/C22H30N6O4S/c1-5-7-17-19-20(27(4)25-17)22(29)24-21(23-19)16-14-15(8-9-18(16)32-6-2)33(30,31)28-12-10-26(3)11-13-28/h8-9,14,20H,5-7,10-13H2,1-4H3/t20-/m1/s1. The molecule has 1 fully saturated rings. The number of piperazine rings is 1. The molecule has 1 atom stereocenters. The summed E-state index contributed by atoms with van der Waals surface area (Å²) >= 11 is 0. The normalized spacial score (nSPS) is 22.1. The van der Waals surface area contributed by atoms with Crippen LogP contribution in [-0.2, 0) is 14.8 Å². The lowest BCUT2D eigenvalue weighted by Gasteiger charge is -2.31. The Balaban J connectivity index is 1.75. The fraction of sp³-hybridized carbons (Fsp3) is 0.545. The first kappa shape index (κ1) is 23.5. The minimum Gasteiger partial charge on any atom is -0.493 e. The summed E-state index contributed by atoms with van der Waals surface area (Å²) < 4.78 is 33.9. The molecule has 0 unspecified atom stereocenters. The summed E-state index contributed by atoms with van der Waals surface area (Å²) in [4.78, 5) is 24.0. The summed E-state index contributed by atoms with van der Waals surface area (Å²) in [6.07, 6.45) is 1.55. The Labute approximate surface area is 194 Å². The van der Waals surface area contributed by atoms with Gasteiger partial charge in [0.1, 0.15) is 11.5 Å². The van der Waals surface area contributed by atoms with Gasteiger partial charge in [-0.1, -0.05) is 13.3 Å². The number of carbonyl (C=O) groups is 1. The third kappa shape index (κ3) is 4.44. The molecule has 0 bridgehead atoms. The van der Waals surface area contributed by atoms with Crippen molar-refractivity contribution >= 4 is 33.2 Å². The Kier molecular flexibility index (Phi) is 6.64. The Morgan fingerprint density at radius 3 is 2.48 bits per heavy atom. The van der Waals surface area contributed by atoms with E-state index in [9.17, 15) is 13.2 Å². The van der Waals surface area contributed by atoms with Crippen molar-refractivity contribution in [3.05, 3.63) is 23.8 Å². The van der Waals surface area contributed by atoms with E-state index in [4.69, 9.17) is 4.74 Å². The molecule has 1 aromatic carbocycles. The smallest absolute Gasteiger partial charge is 0.278 e. The zero-order valence-electron chi connectivity index (χ0n) is 19.5. The van der Waals surface area contributed by atoms with Crippen molar-refractivity contribution < 1.29 is 17.9 Å². The van der Waals surface area contributed by atoms with Gasteiger partial charge in [0.25, 0.3) is 5.91 Å². The molecule has 0 N–H and O–H groups in total. The molecule has 33 heavy (non-hydrogen) atoms. The van der Waals surface area contributed by atoms with Gasteiger partial charge in [-0.15, -0.1) is 0 Å². The molecular formula is C22H30N6O4S. The lowest BCUT2D eigenvalue weighted by atomic mass is 10.0. The summed E-state index contributed by atoms with van der Waals surface area (Å²) in [6, 6.07) is 4.03. The second kappa shape index (κ2) is 9.32. The zero-order valence-corrected chi connectivity index (χ0v) is 20.3. The van der Waals surface area contributed by atoms with Crippen LogP contribution in [0.2, 0.25) is 0 Å². The van der Waals surface area contributed by atoms with E-state index < -0.39 is 16.1 Å². The van der Waals surface area contributed by atoms with Gasteiger partial charge >= 0.3 is 0 Å². The number of hydrogen-bond donors (Lipinski definition) is 0. The van der Waals surface area contributed by atoms with Crippen LogP contribution in [0, 0.1) is 0 Å². The van der Waals surface area contributed by atoms with Crippen molar-refractivity contribution in [3.63, 3.8) is 0 Å². The van der Waals surface area contributed by atoms with Gasteiger partial charge in [0.05, 0.1) is 22.8 Å². The number of fused-ring (bicyclic) bond motifs is 1. The van der Waals surface area contributed by atoms with Crippen LogP contribution in [0.3, 0.4) is 0 Å². The highest BCUT2D eigenvalue weighted by atomic mass is 32.2. The molecular weight excluding hydrogens is 444 g/mol. The molecule has 0 saturated carbocycles. The van der Waals surface area contributed by atoms with Gasteiger partial charge in [-0.25, -0.2) is 13.4 Å². The Hall–Kier alpha value is -2.63. The topological polar surface area (TPSA) is 107 Å². The number of hydrazone groups is 1. The molecule has 1 aromatic rings. The predicted molar refractivity (Wildman–Crippen MR) is 127 cm³/mol. The first-order valence-electron chi connectivity index (χ1n) is 11.2. The van der Waals surface area contributed by atoms with E-state index in [2.05, 4.69) is 20.0 Å². The van der Waals surface area contributed by atoms with Gasteiger partial charge in [0.15, 0.2) is 11.9 Å². The van der Waals surface area contributed by atoms with Crippen molar-refractivity contribution in [2.75, 3.05) is 46.9 Å². The van der Waals surface area contributed by atoms with Gasteiger partial charge in [-0.2, -0.15) is 14.4 Å². The molecule has 11 heteroatoms. The van der Waals surface area contributed by atoms with Crippen LogP contribution in [0.5, 0.6) is 5.75 Å². The summed E-state index contributed by atoms with van der Waals surface area (Å²) in [5.74, 6) is 0.218. The molecule has 0 radical (unpaired) electrons. The number of benzene rings is 1. The first-order chi connectivity index (χ1) is 15.8. The van der Waals surface area contributed by atoms with Crippen LogP contribution < -0.4 is 4.74 Å². The third-order valence-electron chi connectivity index (χ3n) is 5.96. The zero-order chi connectivity index (χ0) is 23.8. The fourth-order valence-corrected chi connectivity index (χ4v) is 5.63. The molecule has 178 valence electrons. The van der Waals surface area contributed by atoms with E-state index in [0.29, 0.717) is 56.2 Å². The molecule has 0 aliphatic carbocycles. The van der Waals surface area contributed by atoms with Crippen LogP contribution in [-0.4, -0.2) is 98.7 Å². The molecule has 3 heterocycles. The molecule has 0 spiro atoms. The molecule has 1 amide bonds. The van der Waals surface area contributed by atoms with Gasteiger partial charge in [-0.05, 0) is 38.6 Å². The summed E-state index contributed by atoms with van der Waals surface area (Å²) in [5.41, 5.74) is 1.71. The molecule has 3 aliphatic heterocycles. The molecule has 1 saturated heterocycles. The number of rotatable bonds is 7. The number of amidine groups is 1. The SMILES string of the molecule is CCCC1=NN(C)[C@H]2C(=O)N=C(c3cc(S(=O)(=O)N4CCN(C)CC4)ccc3OCC)N=C12. The average molecular weight is 475 g/mol. The highest BCUT2D eigenvalue weighted by Crippen LogP contribution is 2.29. The van der Waals surface area contributed by atoms with Crippen LogP contribution in [0.25, 0.3) is 0 Å². The Bertz CT molecular complexity index is 1140. The van der Waals surface area contributed by atoms with Gasteiger partial charge in [0.2, 0.25) is 10.0 Å². The van der Waals surface area contributed by atoms with Crippen molar-refractivity contribution in [1.29, 1.82) is 0 Å². The number of likely N-dealkylation sites (N-methyl/N-ethyl adjacent to an activating group) is 2. The van der Waals surface area contributed by atoms with Gasteiger partial charge in [-0.3, -0.25) is 9.80 Å². The average Bonchev–Trinajstić information content (AvgIpc) is 3.10. The quantitative estimate of drug-likeness (QED) is 0.588. The number of nitrogens with zero attached hydrogens (tertiary/aromatic N) is 6. The third-order valence-corrected chi connectivity index (χ3v) is 7.86. The lowest BCUT2D eigenvalue weighted by molar-refractivity contribution is -0.120. The second-order valence-corrected chi connectivity index (χ2v) is 10.3. The van der Waals surface area contributed by atoms with E-state index in [1.54, 1.807) is 18.1 Å². The molecule has 4 rings (SSSR count). The maximum absolute atomic E-state index is 13.3. The summed E-state index contributed by atoms with van der Waals surface area (Å²) in [5, 5.41) is 6.06. The van der Waals surface area contributed by atoms with Crippen molar-refractivity contribution in [2.24, 2.45) is 15.1 Å². The number of hydrogen-bond acceptors (Lipinski definition) is 8. The lowest BCUT2D eigenvalue weighted by Crippen LogP contribution is -2.47. The number of ether oxygens (including phenoxy) is 1. The summed E-state index contributed by atoms with van der Waals surface area (Å²) in [7, 11) is -0.00212. The van der Waals surface area contributed by atoms with Gasteiger partial charge in [0, 0.05) is 33.2 Å². The fourth-order valence-electron chi connectivity index (χ4n) is 4.18. The van der Waals surface area contributed by atoms with Crippen molar-refractivity contribution in [3.8, 4) is 5.75 Å². The maximum atomic E-state index is 13.3. The second-order valence-electron chi connectivity index (χ2n) is 8.34. The minimum atomic E-state index is -3.71. The van der Waals surface area contributed by atoms with Crippen LogP contribution in [0.4, 0.5) is 0 Å². The first-order valence-corrected chi connectivity index (χ1v) is 12.7. The Morgan fingerprint density at radius 1 is 1.09 bits per heavy atom. The summed E-state index contributed by atoms with van der Waals surface area (Å²) in [6.45, 7) is 6.45. The van der Waals surface area contributed by atoms with Crippen LogP contribution >= 0.6 is 0 Å². The number of aliphatic imine (C=N–C) groups is 2. The van der Waals surface area contributed by atoms with E-state index >= 15 is 0 Å². The number of amides is 1. The van der Waals surface area contributed by atoms with E-state index in [1.807, 2.05) is 20.9 Å². The monoisotopic (exact) mass is 474 g/mol. The molecule has 0 aromatic heterocycles. The van der Waals surface area contributed by atoms with E-state index in [-0.39, 0.29) is 16.6 Å². The minimum absolute atomic E-state index is 0.133. The van der Waals surface area contributed by atoms with E-state index in [0.717, 1.165) is 12.1 Å². The van der Waals surface area contributed by atoms with E-state index in [1.165, 1.54) is 16.4 Å².